The molecule has 0 spiro atoms. The molecule has 0 aromatic heterocycles. The van der Waals surface area contributed by atoms with Gasteiger partial charge in [0.25, 0.3) is 5.91 Å². The van der Waals surface area contributed by atoms with E-state index in [9.17, 15) is 9.18 Å². The number of methoxy groups -OCH3 is 2. The average Bonchev–Trinajstić information content (AvgIpc) is 2.49. The van der Waals surface area contributed by atoms with Gasteiger partial charge in [0, 0.05) is 0 Å². The molecule has 0 aliphatic rings. The van der Waals surface area contributed by atoms with Gasteiger partial charge in [-0.15, -0.1) is 0 Å². The molecule has 0 bridgehead atoms. The van der Waals surface area contributed by atoms with Gasteiger partial charge in [0.15, 0.2) is 0 Å². The average molecular weight is 290 g/mol. The molecule has 0 heterocycles. The molecular weight excluding hydrogens is 275 g/mol. The predicted octanol–water partition coefficient (Wildman–Crippen LogP) is 2.68. The molecule has 0 saturated heterocycles. The third-order valence-corrected chi connectivity index (χ3v) is 2.92. The van der Waals surface area contributed by atoms with Crippen molar-refractivity contribution >= 4 is 17.3 Å². The zero-order chi connectivity index (χ0) is 15.4. The summed E-state index contributed by atoms with van der Waals surface area (Å²) in [5.41, 5.74) is 6.38. The lowest BCUT2D eigenvalue weighted by Crippen LogP contribution is -2.15. The van der Waals surface area contributed by atoms with E-state index in [1.807, 2.05) is 0 Å². The van der Waals surface area contributed by atoms with E-state index < -0.39 is 11.7 Å². The van der Waals surface area contributed by atoms with E-state index >= 15 is 0 Å². The first-order valence-electron chi connectivity index (χ1n) is 6.14. The first kappa shape index (κ1) is 14.6. The number of amides is 1. The first-order chi connectivity index (χ1) is 10.1. The maximum Gasteiger partial charge on any atom is 0.263 e. The standard InChI is InChI=1S/C15H15FN2O3/c1-20-12-4-3-5-13(21-2)14(12)15(19)18-11-8-9(16)6-7-10(11)17/h3-8H,17H2,1-2H3,(H,18,19). The Bertz CT molecular complexity index is 652. The number of carbonyl (C=O) groups excluding carboxylic acids is 1. The third-order valence-electron chi connectivity index (χ3n) is 2.92. The minimum absolute atomic E-state index is 0.188. The van der Waals surface area contributed by atoms with Crippen LogP contribution in [0.4, 0.5) is 15.8 Å². The van der Waals surface area contributed by atoms with E-state index in [1.165, 1.54) is 26.4 Å². The normalized spacial score (nSPS) is 10.0. The van der Waals surface area contributed by atoms with Crippen LogP contribution in [0.15, 0.2) is 36.4 Å². The van der Waals surface area contributed by atoms with E-state index in [-0.39, 0.29) is 16.9 Å². The lowest BCUT2D eigenvalue weighted by Gasteiger charge is -2.14. The van der Waals surface area contributed by atoms with Crippen molar-refractivity contribution < 1.29 is 18.7 Å². The van der Waals surface area contributed by atoms with E-state index in [0.717, 1.165) is 6.07 Å². The van der Waals surface area contributed by atoms with Crippen molar-refractivity contribution in [2.75, 3.05) is 25.3 Å². The molecular formula is C15H15FN2O3. The number of hydrogen-bond acceptors (Lipinski definition) is 4. The number of nitrogens with one attached hydrogen (secondary N) is 1. The molecule has 0 saturated carbocycles. The number of halogens is 1. The van der Waals surface area contributed by atoms with Crippen LogP contribution in [-0.4, -0.2) is 20.1 Å². The minimum Gasteiger partial charge on any atom is -0.496 e. The summed E-state index contributed by atoms with van der Waals surface area (Å²) < 4.78 is 23.5. The SMILES string of the molecule is COc1cccc(OC)c1C(=O)Nc1cc(F)ccc1N. The van der Waals surface area contributed by atoms with Crippen LogP contribution >= 0.6 is 0 Å². The number of nitrogen functional groups attached to an aromatic ring is 1. The van der Waals surface area contributed by atoms with Gasteiger partial charge in [0.2, 0.25) is 0 Å². The summed E-state index contributed by atoms with van der Waals surface area (Å²) in [5.74, 6) is -0.295. The number of hydrogen-bond donors (Lipinski definition) is 2. The molecule has 5 nitrogen and oxygen atoms in total. The van der Waals surface area contributed by atoms with Gasteiger partial charge < -0.3 is 20.5 Å². The molecule has 21 heavy (non-hydrogen) atoms. The second-order valence-electron chi connectivity index (χ2n) is 4.22. The minimum atomic E-state index is -0.499. The fraction of sp³-hybridized carbons (Fsp3) is 0.133. The van der Waals surface area contributed by atoms with E-state index in [2.05, 4.69) is 5.32 Å². The first-order valence-corrected chi connectivity index (χ1v) is 6.14. The summed E-state index contributed by atoms with van der Waals surface area (Å²) in [4.78, 5) is 12.4. The summed E-state index contributed by atoms with van der Waals surface area (Å²) in [5, 5.41) is 2.55. The fourth-order valence-corrected chi connectivity index (χ4v) is 1.90. The van der Waals surface area contributed by atoms with Crippen LogP contribution in [-0.2, 0) is 0 Å². The zero-order valence-corrected chi connectivity index (χ0v) is 11.6. The summed E-state index contributed by atoms with van der Waals surface area (Å²) in [6, 6.07) is 8.71. The lowest BCUT2D eigenvalue weighted by molar-refractivity contribution is 0.102. The van der Waals surface area contributed by atoms with Crippen LogP contribution in [0, 0.1) is 5.82 Å². The topological polar surface area (TPSA) is 73.6 Å². The Morgan fingerprint density at radius 2 is 1.76 bits per heavy atom. The molecule has 6 heteroatoms. The van der Waals surface area contributed by atoms with Crippen LogP contribution in [0.25, 0.3) is 0 Å². The Kier molecular flexibility index (Phi) is 4.27. The molecule has 0 aliphatic heterocycles. The second kappa shape index (κ2) is 6.13. The highest BCUT2D eigenvalue weighted by Gasteiger charge is 2.19. The van der Waals surface area contributed by atoms with Gasteiger partial charge >= 0.3 is 0 Å². The van der Waals surface area contributed by atoms with Gasteiger partial charge in [0.05, 0.1) is 25.6 Å². The molecule has 2 aromatic carbocycles. The van der Waals surface area contributed by atoms with Crippen LogP contribution in [0.5, 0.6) is 11.5 Å². The van der Waals surface area contributed by atoms with Gasteiger partial charge in [-0.2, -0.15) is 0 Å². The molecule has 2 rings (SSSR count). The number of benzene rings is 2. The van der Waals surface area contributed by atoms with Crippen molar-refractivity contribution in [2.45, 2.75) is 0 Å². The maximum absolute atomic E-state index is 13.2. The Labute approximate surface area is 121 Å². The van der Waals surface area contributed by atoms with Crippen molar-refractivity contribution in [3.8, 4) is 11.5 Å². The van der Waals surface area contributed by atoms with Crippen LogP contribution < -0.4 is 20.5 Å². The summed E-state index contributed by atoms with van der Waals surface area (Å²) in [7, 11) is 2.89. The number of rotatable bonds is 4. The molecule has 110 valence electrons. The van der Waals surface area contributed by atoms with Crippen molar-refractivity contribution in [1.29, 1.82) is 0 Å². The Morgan fingerprint density at radius 1 is 1.14 bits per heavy atom. The van der Waals surface area contributed by atoms with Crippen molar-refractivity contribution in [2.24, 2.45) is 0 Å². The van der Waals surface area contributed by atoms with Crippen LogP contribution in [0.1, 0.15) is 10.4 Å². The highest BCUT2D eigenvalue weighted by atomic mass is 19.1. The van der Waals surface area contributed by atoms with Crippen molar-refractivity contribution in [3.05, 3.63) is 47.8 Å². The van der Waals surface area contributed by atoms with Crippen molar-refractivity contribution in [3.63, 3.8) is 0 Å². The predicted molar refractivity (Wildman–Crippen MR) is 78.3 cm³/mol. The number of ether oxygens (including phenoxy) is 2. The monoisotopic (exact) mass is 290 g/mol. The molecule has 2 aromatic rings. The molecule has 0 atom stereocenters. The van der Waals surface area contributed by atoms with E-state index in [4.69, 9.17) is 15.2 Å². The molecule has 1 amide bonds. The van der Waals surface area contributed by atoms with Gasteiger partial charge in [-0.3, -0.25) is 4.79 Å². The molecule has 0 fully saturated rings. The summed E-state index contributed by atoms with van der Waals surface area (Å²) in [6.45, 7) is 0. The number of carbonyl (C=O) groups is 1. The maximum atomic E-state index is 13.2. The zero-order valence-electron chi connectivity index (χ0n) is 11.6. The summed E-state index contributed by atoms with van der Waals surface area (Å²) in [6.07, 6.45) is 0. The highest BCUT2D eigenvalue weighted by Crippen LogP contribution is 2.30. The summed E-state index contributed by atoms with van der Waals surface area (Å²) >= 11 is 0. The molecule has 0 aliphatic carbocycles. The van der Waals surface area contributed by atoms with E-state index in [0.29, 0.717) is 11.5 Å². The molecule has 3 N–H and O–H groups in total. The number of nitrogens with two attached hydrogens (primary N) is 1. The van der Waals surface area contributed by atoms with E-state index in [1.54, 1.807) is 18.2 Å². The smallest absolute Gasteiger partial charge is 0.263 e. The van der Waals surface area contributed by atoms with Crippen LogP contribution in [0.3, 0.4) is 0 Å². The third kappa shape index (κ3) is 3.05. The van der Waals surface area contributed by atoms with Gasteiger partial charge in [0.1, 0.15) is 22.9 Å². The Hall–Kier alpha value is -2.76. The molecule has 0 radical (unpaired) electrons. The second-order valence-corrected chi connectivity index (χ2v) is 4.22. The largest absolute Gasteiger partial charge is 0.496 e. The Balaban J connectivity index is 2.38. The Morgan fingerprint density at radius 3 is 2.33 bits per heavy atom. The fourth-order valence-electron chi connectivity index (χ4n) is 1.90. The number of anilines is 2. The highest BCUT2D eigenvalue weighted by molar-refractivity contribution is 6.09. The lowest BCUT2D eigenvalue weighted by atomic mass is 10.1. The van der Waals surface area contributed by atoms with Crippen molar-refractivity contribution in [1.82, 2.24) is 0 Å². The van der Waals surface area contributed by atoms with Crippen LogP contribution in [0.2, 0.25) is 0 Å². The quantitative estimate of drug-likeness (QED) is 0.849. The van der Waals surface area contributed by atoms with Gasteiger partial charge in [-0.05, 0) is 30.3 Å². The van der Waals surface area contributed by atoms with Gasteiger partial charge in [-0.25, -0.2) is 4.39 Å². The van der Waals surface area contributed by atoms with Gasteiger partial charge in [-0.1, -0.05) is 6.07 Å². The molecule has 0 unspecified atom stereocenters.